The molecule has 1 aromatic carbocycles. The van der Waals surface area contributed by atoms with Gasteiger partial charge in [0.25, 0.3) is 0 Å². The minimum atomic E-state index is 0.136. The van der Waals surface area contributed by atoms with Gasteiger partial charge in [0.05, 0.1) is 11.4 Å². The van der Waals surface area contributed by atoms with Gasteiger partial charge in [0.2, 0.25) is 5.91 Å². The molecule has 0 saturated carbocycles. The second-order valence-electron chi connectivity index (χ2n) is 4.11. The molecule has 0 bridgehead atoms. The maximum Gasteiger partial charge on any atom is 0.226 e. The Morgan fingerprint density at radius 3 is 2.94 bits per heavy atom. The van der Waals surface area contributed by atoms with Gasteiger partial charge in [-0.25, -0.2) is 0 Å². The molecule has 1 amide bonds. The van der Waals surface area contributed by atoms with Gasteiger partial charge in [0.1, 0.15) is 0 Å². The van der Waals surface area contributed by atoms with Crippen molar-refractivity contribution in [1.29, 1.82) is 0 Å². The molecule has 0 saturated heterocycles. The van der Waals surface area contributed by atoms with Crippen molar-refractivity contribution >= 4 is 17.3 Å². The number of rotatable bonds is 2. The largest absolute Gasteiger partial charge is 0.411 e. The Morgan fingerprint density at radius 2 is 2.24 bits per heavy atom. The van der Waals surface area contributed by atoms with E-state index in [0.29, 0.717) is 25.1 Å². The normalized spacial score (nSPS) is 17.0. The molecule has 1 N–H and O–H groups in total. The lowest BCUT2D eigenvalue weighted by Crippen LogP contribution is -2.37. The third-order valence-electron chi connectivity index (χ3n) is 2.96. The van der Waals surface area contributed by atoms with Crippen LogP contribution >= 0.6 is 0 Å². The Balaban J connectivity index is 2.38. The van der Waals surface area contributed by atoms with Crippen LogP contribution in [0.25, 0.3) is 0 Å². The summed E-state index contributed by atoms with van der Waals surface area (Å²) in [6.45, 7) is 2.59. The fourth-order valence-electron chi connectivity index (χ4n) is 2.14. The van der Waals surface area contributed by atoms with E-state index >= 15 is 0 Å². The summed E-state index contributed by atoms with van der Waals surface area (Å²) < 4.78 is 0. The topological polar surface area (TPSA) is 52.9 Å². The third kappa shape index (κ3) is 2.16. The van der Waals surface area contributed by atoms with Crippen molar-refractivity contribution in [1.82, 2.24) is 0 Å². The molecule has 2 rings (SSSR count). The molecule has 0 radical (unpaired) electrons. The number of carbonyl (C=O) groups is 1. The predicted octanol–water partition coefficient (Wildman–Crippen LogP) is 2.40. The van der Waals surface area contributed by atoms with Crippen molar-refractivity contribution < 1.29 is 10.0 Å². The first-order valence-electron chi connectivity index (χ1n) is 5.88. The molecule has 0 aliphatic carbocycles. The number of fused-ring (bicyclic) bond motifs is 1. The first kappa shape index (κ1) is 11.6. The SMILES string of the molecule is CCCC(=O)N1CCC(=NO)c2ccccc21. The Hall–Kier alpha value is -1.84. The molecule has 1 aliphatic rings. The van der Waals surface area contributed by atoms with Crippen LogP contribution in [0.3, 0.4) is 0 Å². The molecule has 0 aromatic heterocycles. The fourth-order valence-corrected chi connectivity index (χ4v) is 2.14. The molecule has 0 atom stereocenters. The van der Waals surface area contributed by atoms with E-state index in [0.717, 1.165) is 17.7 Å². The van der Waals surface area contributed by atoms with Crippen LogP contribution in [0.5, 0.6) is 0 Å². The number of benzene rings is 1. The molecule has 1 aromatic rings. The Morgan fingerprint density at radius 1 is 1.47 bits per heavy atom. The zero-order valence-corrected chi connectivity index (χ0v) is 9.89. The third-order valence-corrected chi connectivity index (χ3v) is 2.96. The van der Waals surface area contributed by atoms with Crippen LogP contribution in [0.1, 0.15) is 31.7 Å². The maximum atomic E-state index is 12.0. The highest BCUT2D eigenvalue weighted by molar-refractivity contribution is 6.11. The summed E-state index contributed by atoms with van der Waals surface area (Å²) in [4.78, 5) is 13.8. The smallest absolute Gasteiger partial charge is 0.226 e. The van der Waals surface area contributed by atoms with Crippen LogP contribution in [-0.2, 0) is 4.79 Å². The van der Waals surface area contributed by atoms with Gasteiger partial charge in [-0.3, -0.25) is 4.79 Å². The summed E-state index contributed by atoms with van der Waals surface area (Å²) >= 11 is 0. The summed E-state index contributed by atoms with van der Waals surface area (Å²) in [5, 5.41) is 12.3. The highest BCUT2D eigenvalue weighted by atomic mass is 16.4. The number of nitrogens with zero attached hydrogens (tertiary/aromatic N) is 2. The molecule has 1 aliphatic heterocycles. The van der Waals surface area contributed by atoms with Gasteiger partial charge in [-0.1, -0.05) is 30.3 Å². The molecule has 0 fully saturated rings. The van der Waals surface area contributed by atoms with Gasteiger partial charge >= 0.3 is 0 Å². The molecule has 4 nitrogen and oxygen atoms in total. The van der Waals surface area contributed by atoms with Gasteiger partial charge < -0.3 is 10.1 Å². The first-order valence-corrected chi connectivity index (χ1v) is 5.88. The zero-order valence-electron chi connectivity index (χ0n) is 9.89. The molecule has 1 heterocycles. The van der Waals surface area contributed by atoms with Crippen molar-refractivity contribution in [2.75, 3.05) is 11.4 Å². The second kappa shape index (κ2) is 4.99. The Bertz CT molecular complexity index is 454. The van der Waals surface area contributed by atoms with Crippen LogP contribution in [0, 0.1) is 0 Å². The summed E-state index contributed by atoms with van der Waals surface area (Å²) in [6, 6.07) is 7.56. The first-order chi connectivity index (χ1) is 8.27. The number of para-hydroxylation sites is 1. The highest BCUT2D eigenvalue weighted by Gasteiger charge is 2.25. The average Bonchev–Trinajstić information content (AvgIpc) is 2.37. The van der Waals surface area contributed by atoms with E-state index in [2.05, 4.69) is 5.16 Å². The van der Waals surface area contributed by atoms with Crippen LogP contribution in [0.4, 0.5) is 5.69 Å². The van der Waals surface area contributed by atoms with Crippen molar-refractivity contribution in [3.63, 3.8) is 0 Å². The minimum absolute atomic E-state index is 0.136. The Labute approximate surface area is 101 Å². The Kier molecular flexibility index (Phi) is 3.42. The van der Waals surface area contributed by atoms with E-state index in [1.54, 1.807) is 4.90 Å². The van der Waals surface area contributed by atoms with E-state index in [-0.39, 0.29) is 5.91 Å². The van der Waals surface area contributed by atoms with Crippen molar-refractivity contribution in [3.05, 3.63) is 29.8 Å². The monoisotopic (exact) mass is 232 g/mol. The number of hydrogen-bond acceptors (Lipinski definition) is 3. The molecule has 0 spiro atoms. The number of carbonyl (C=O) groups excluding carboxylic acids is 1. The van der Waals surface area contributed by atoms with Crippen molar-refractivity contribution in [2.45, 2.75) is 26.2 Å². The van der Waals surface area contributed by atoms with E-state index in [1.807, 2.05) is 31.2 Å². The molecule has 4 heteroatoms. The molecular formula is C13H16N2O2. The van der Waals surface area contributed by atoms with E-state index < -0.39 is 0 Å². The second-order valence-corrected chi connectivity index (χ2v) is 4.11. The van der Waals surface area contributed by atoms with E-state index in [4.69, 9.17) is 5.21 Å². The van der Waals surface area contributed by atoms with Gasteiger partial charge in [0, 0.05) is 24.9 Å². The number of hydrogen-bond donors (Lipinski definition) is 1. The number of amides is 1. The number of oxime groups is 1. The van der Waals surface area contributed by atoms with Gasteiger partial charge in [0.15, 0.2) is 0 Å². The quantitative estimate of drug-likeness (QED) is 0.628. The summed E-state index contributed by atoms with van der Waals surface area (Å²) in [7, 11) is 0. The predicted molar refractivity (Wildman–Crippen MR) is 66.6 cm³/mol. The van der Waals surface area contributed by atoms with Gasteiger partial charge in [-0.05, 0) is 12.5 Å². The van der Waals surface area contributed by atoms with E-state index in [1.165, 1.54) is 0 Å². The lowest BCUT2D eigenvalue weighted by molar-refractivity contribution is -0.118. The molecule has 17 heavy (non-hydrogen) atoms. The van der Waals surface area contributed by atoms with Crippen molar-refractivity contribution in [3.8, 4) is 0 Å². The molecule has 0 unspecified atom stereocenters. The average molecular weight is 232 g/mol. The standard InChI is InChI=1S/C13H16N2O2/c1-2-5-13(16)15-9-8-11(14-17)10-6-3-4-7-12(10)15/h3-4,6-7,17H,2,5,8-9H2,1H3. The van der Waals surface area contributed by atoms with Crippen molar-refractivity contribution in [2.24, 2.45) is 5.16 Å². The minimum Gasteiger partial charge on any atom is -0.411 e. The van der Waals surface area contributed by atoms with Crippen LogP contribution in [-0.4, -0.2) is 23.4 Å². The van der Waals surface area contributed by atoms with E-state index in [9.17, 15) is 4.79 Å². The summed E-state index contributed by atoms with van der Waals surface area (Å²) in [5.41, 5.74) is 2.36. The summed E-state index contributed by atoms with van der Waals surface area (Å²) in [6.07, 6.45) is 2.00. The molecule has 90 valence electrons. The zero-order chi connectivity index (χ0) is 12.3. The van der Waals surface area contributed by atoms with Gasteiger partial charge in [-0.2, -0.15) is 0 Å². The summed E-state index contributed by atoms with van der Waals surface area (Å²) in [5.74, 6) is 0.136. The van der Waals surface area contributed by atoms with Gasteiger partial charge in [-0.15, -0.1) is 0 Å². The van der Waals surface area contributed by atoms with Crippen LogP contribution < -0.4 is 4.90 Å². The fraction of sp³-hybridized carbons (Fsp3) is 0.385. The lowest BCUT2D eigenvalue weighted by atomic mass is 9.99. The highest BCUT2D eigenvalue weighted by Crippen LogP contribution is 2.27. The van der Waals surface area contributed by atoms with Crippen LogP contribution in [0.2, 0.25) is 0 Å². The maximum absolute atomic E-state index is 12.0. The molecular weight excluding hydrogens is 216 g/mol. The van der Waals surface area contributed by atoms with Crippen LogP contribution in [0.15, 0.2) is 29.4 Å². The lowest BCUT2D eigenvalue weighted by Gasteiger charge is -2.29. The number of anilines is 1.